The van der Waals surface area contributed by atoms with Crippen molar-refractivity contribution in [1.29, 1.82) is 0 Å². The van der Waals surface area contributed by atoms with Gasteiger partial charge in [-0.15, -0.1) is 10.2 Å². The highest BCUT2D eigenvalue weighted by Gasteiger charge is 2.21. The number of hydrogen-bond acceptors (Lipinski definition) is 8. The zero-order valence-electron chi connectivity index (χ0n) is 20.9. The number of rotatable bonds is 12. The van der Waals surface area contributed by atoms with Crippen LogP contribution >= 0.6 is 11.6 Å². The molecule has 198 valence electrons. The Morgan fingerprint density at radius 2 is 1.87 bits per heavy atom. The summed E-state index contributed by atoms with van der Waals surface area (Å²) in [6.07, 6.45) is 2.35. The van der Waals surface area contributed by atoms with Crippen LogP contribution in [0, 0.1) is 0 Å². The molecule has 5 N–H and O–H groups in total. The number of unbranched alkanes of at least 4 members (excludes halogenated alkanes) is 1. The molecule has 0 saturated heterocycles. The fourth-order valence-electron chi connectivity index (χ4n) is 4.08. The summed E-state index contributed by atoms with van der Waals surface area (Å²) in [6.45, 7) is 2.45. The molecule has 12 heteroatoms. The van der Waals surface area contributed by atoms with Crippen molar-refractivity contribution in [2.45, 2.75) is 51.8 Å². The quantitative estimate of drug-likeness (QED) is 0.232. The lowest BCUT2D eigenvalue weighted by molar-refractivity contribution is -0.147. The van der Waals surface area contributed by atoms with Crippen molar-refractivity contribution < 1.29 is 14.3 Å². The summed E-state index contributed by atoms with van der Waals surface area (Å²) in [5, 5.41) is 14.6. The molecule has 1 unspecified atom stereocenters. The summed E-state index contributed by atoms with van der Waals surface area (Å²) in [5.74, 6) is -0.0843. The fraction of sp³-hybridized carbons (Fsp3) is 0.308. The van der Waals surface area contributed by atoms with Crippen LogP contribution in [0.4, 0.5) is 0 Å². The van der Waals surface area contributed by atoms with Crippen molar-refractivity contribution >= 4 is 23.5 Å². The van der Waals surface area contributed by atoms with Gasteiger partial charge in [-0.3, -0.25) is 9.59 Å². The highest BCUT2D eigenvalue weighted by atomic mass is 35.5. The molecule has 38 heavy (non-hydrogen) atoms. The van der Waals surface area contributed by atoms with Crippen molar-refractivity contribution in [3.8, 4) is 22.5 Å². The van der Waals surface area contributed by atoms with Gasteiger partial charge in [0.1, 0.15) is 18.5 Å². The number of carbonyl (C=O) groups excluding carboxylic acids is 2. The van der Waals surface area contributed by atoms with Gasteiger partial charge in [0.05, 0.1) is 12.1 Å². The lowest BCUT2D eigenvalue weighted by atomic mass is 9.98. The number of hydrogen-bond donors (Lipinski definition) is 3. The number of H-pyrrole nitrogens is 1. The maximum atomic E-state index is 12.3. The van der Waals surface area contributed by atoms with E-state index in [9.17, 15) is 9.59 Å². The minimum absolute atomic E-state index is 0.126. The summed E-state index contributed by atoms with van der Waals surface area (Å²) in [7, 11) is 0. The van der Waals surface area contributed by atoms with Crippen LogP contribution in [0.1, 0.15) is 43.3 Å². The van der Waals surface area contributed by atoms with Crippen LogP contribution in [0.25, 0.3) is 22.5 Å². The van der Waals surface area contributed by atoms with Gasteiger partial charge in [0.25, 0.3) is 0 Å². The van der Waals surface area contributed by atoms with Crippen molar-refractivity contribution in [3.63, 3.8) is 0 Å². The van der Waals surface area contributed by atoms with Crippen LogP contribution in [0.5, 0.6) is 0 Å². The maximum Gasteiger partial charge on any atom is 0.323 e. The van der Waals surface area contributed by atoms with Crippen LogP contribution < -0.4 is 11.5 Å². The highest BCUT2D eigenvalue weighted by Crippen LogP contribution is 2.30. The van der Waals surface area contributed by atoms with Crippen LogP contribution in [0.15, 0.2) is 48.5 Å². The van der Waals surface area contributed by atoms with Crippen LogP contribution in [0.2, 0.25) is 5.15 Å². The number of carbonyl (C=O) groups is 2. The van der Waals surface area contributed by atoms with Crippen molar-refractivity contribution in [2.75, 3.05) is 0 Å². The van der Waals surface area contributed by atoms with E-state index in [0.29, 0.717) is 18.1 Å². The van der Waals surface area contributed by atoms with E-state index in [4.69, 9.17) is 27.8 Å². The van der Waals surface area contributed by atoms with Gasteiger partial charge in [0, 0.05) is 18.5 Å². The number of benzene rings is 2. The number of primary amides is 1. The SMILES string of the molecule is CCCCc1nc(Cl)c(COC(=O)C(N)CC(N)=O)n1Cc1ccc(-c2ccccc2-c2nn[nH]n2)cc1. The van der Waals surface area contributed by atoms with E-state index in [1.54, 1.807) is 0 Å². The van der Waals surface area contributed by atoms with Gasteiger partial charge in [0.15, 0.2) is 5.15 Å². The number of aromatic amines is 1. The average Bonchev–Trinajstić information content (AvgIpc) is 3.54. The third-order valence-corrected chi connectivity index (χ3v) is 6.35. The average molecular weight is 537 g/mol. The smallest absolute Gasteiger partial charge is 0.323 e. The second-order valence-electron chi connectivity index (χ2n) is 8.82. The maximum absolute atomic E-state index is 12.3. The number of ether oxygens (including phenoxy) is 1. The van der Waals surface area contributed by atoms with E-state index in [2.05, 4.69) is 32.5 Å². The monoisotopic (exact) mass is 536 g/mol. The van der Waals surface area contributed by atoms with E-state index >= 15 is 0 Å². The molecule has 0 fully saturated rings. The number of aryl methyl sites for hydroxylation is 1. The molecule has 0 spiro atoms. The molecular weight excluding hydrogens is 508 g/mol. The second kappa shape index (κ2) is 12.4. The lowest BCUT2D eigenvalue weighted by Gasteiger charge is -2.15. The van der Waals surface area contributed by atoms with Gasteiger partial charge in [-0.2, -0.15) is 5.21 Å². The van der Waals surface area contributed by atoms with Gasteiger partial charge < -0.3 is 20.8 Å². The van der Waals surface area contributed by atoms with Gasteiger partial charge >= 0.3 is 5.97 Å². The molecule has 0 bridgehead atoms. The number of tetrazole rings is 1. The number of imidazole rings is 1. The minimum atomic E-state index is -1.13. The number of aromatic nitrogens is 6. The lowest BCUT2D eigenvalue weighted by Crippen LogP contribution is -2.36. The predicted octanol–water partition coefficient (Wildman–Crippen LogP) is 3.02. The van der Waals surface area contributed by atoms with E-state index in [1.165, 1.54) is 0 Å². The molecule has 2 heterocycles. The molecule has 2 aromatic heterocycles. The molecule has 11 nitrogen and oxygen atoms in total. The second-order valence-corrected chi connectivity index (χ2v) is 9.18. The van der Waals surface area contributed by atoms with Crippen molar-refractivity contribution in [1.82, 2.24) is 30.2 Å². The number of nitrogens with zero attached hydrogens (tertiary/aromatic N) is 5. The Labute approximate surface area is 224 Å². The van der Waals surface area contributed by atoms with Crippen molar-refractivity contribution in [2.24, 2.45) is 11.5 Å². The Bertz CT molecular complexity index is 1390. The Morgan fingerprint density at radius 1 is 1.13 bits per heavy atom. The van der Waals surface area contributed by atoms with E-state index in [-0.39, 0.29) is 18.2 Å². The number of nitrogens with two attached hydrogens (primary N) is 2. The van der Waals surface area contributed by atoms with E-state index in [1.807, 2.05) is 53.1 Å². The van der Waals surface area contributed by atoms with Gasteiger partial charge in [-0.05, 0) is 28.3 Å². The van der Waals surface area contributed by atoms with Crippen LogP contribution in [0.3, 0.4) is 0 Å². The normalized spacial score (nSPS) is 11.9. The number of halogens is 1. The van der Waals surface area contributed by atoms with E-state index < -0.39 is 17.9 Å². The zero-order chi connectivity index (χ0) is 27.1. The Balaban J connectivity index is 1.57. The Morgan fingerprint density at radius 3 is 2.53 bits per heavy atom. The molecule has 0 aliphatic heterocycles. The van der Waals surface area contributed by atoms with Crippen LogP contribution in [-0.2, 0) is 33.9 Å². The molecule has 1 atom stereocenters. The molecule has 0 aliphatic carbocycles. The summed E-state index contributed by atoms with van der Waals surface area (Å²) < 4.78 is 7.32. The summed E-state index contributed by atoms with van der Waals surface area (Å²) in [4.78, 5) is 27.9. The van der Waals surface area contributed by atoms with Crippen LogP contribution in [-0.4, -0.2) is 48.1 Å². The topological polar surface area (TPSA) is 168 Å². The third kappa shape index (κ3) is 6.42. The molecular formula is C26H29ClN8O3. The summed E-state index contributed by atoms with van der Waals surface area (Å²) in [5.41, 5.74) is 15.3. The van der Waals surface area contributed by atoms with Crippen molar-refractivity contribution in [3.05, 3.63) is 70.8 Å². The molecule has 0 radical (unpaired) electrons. The molecule has 0 aliphatic rings. The Hall–Kier alpha value is -4.09. The number of esters is 1. The first-order valence-electron chi connectivity index (χ1n) is 12.2. The summed E-state index contributed by atoms with van der Waals surface area (Å²) >= 11 is 6.47. The van der Waals surface area contributed by atoms with Gasteiger partial charge in [0.2, 0.25) is 11.7 Å². The number of nitrogens with one attached hydrogen (secondary N) is 1. The first-order chi connectivity index (χ1) is 18.4. The standard InChI is InChI=1S/C26H29ClN8O3/c1-2-3-8-23-30-24(27)21(15-38-26(37)20(28)13-22(29)36)35(23)14-16-9-11-17(12-10-16)18-6-4-5-7-19(18)25-31-33-34-32-25/h4-7,9-12,20H,2-3,8,13-15,28H2,1H3,(H2,29,36)(H,31,32,33,34). The molecule has 1 amide bonds. The Kier molecular flexibility index (Phi) is 8.82. The summed E-state index contributed by atoms with van der Waals surface area (Å²) in [6, 6.07) is 14.8. The molecule has 0 saturated carbocycles. The van der Waals surface area contributed by atoms with E-state index in [0.717, 1.165) is 47.3 Å². The highest BCUT2D eigenvalue weighted by molar-refractivity contribution is 6.30. The third-order valence-electron chi connectivity index (χ3n) is 6.05. The zero-order valence-corrected chi connectivity index (χ0v) is 21.7. The predicted molar refractivity (Wildman–Crippen MR) is 142 cm³/mol. The molecule has 2 aromatic carbocycles. The minimum Gasteiger partial charge on any atom is -0.458 e. The molecule has 4 aromatic rings. The number of amides is 1. The van der Waals surface area contributed by atoms with Gasteiger partial charge in [-0.1, -0.05) is 73.5 Å². The molecule has 4 rings (SSSR count). The fourth-order valence-corrected chi connectivity index (χ4v) is 4.33. The first kappa shape index (κ1) is 27.0. The van der Waals surface area contributed by atoms with Gasteiger partial charge in [-0.25, -0.2) is 4.98 Å². The first-order valence-corrected chi connectivity index (χ1v) is 12.6. The largest absolute Gasteiger partial charge is 0.458 e.